The molecule has 2 fully saturated rings. The Bertz CT molecular complexity index is 2580. The minimum Gasteiger partial charge on any atom is -0.461 e. The van der Waals surface area contributed by atoms with Crippen molar-refractivity contribution in [3.63, 3.8) is 0 Å². The van der Waals surface area contributed by atoms with Gasteiger partial charge in [-0.3, -0.25) is 19.1 Å². The summed E-state index contributed by atoms with van der Waals surface area (Å²) in [5.74, 6) is -3.88. The normalized spacial score (nSPS) is 17.5. The number of ether oxygens (including phenoxy) is 4. The average molecular weight is 887 g/mol. The highest BCUT2D eigenvalue weighted by Crippen LogP contribution is 2.52. The molecule has 0 radical (unpaired) electrons. The molecule has 0 unspecified atom stereocenters. The molecular formula is C47H56F2N6O9. The Morgan fingerprint density at radius 1 is 0.953 bits per heavy atom. The smallest absolute Gasteiger partial charge is 0.414 e. The second kappa shape index (κ2) is 17.5. The molecule has 64 heavy (non-hydrogen) atoms. The molecule has 0 bridgehead atoms. The van der Waals surface area contributed by atoms with E-state index < -0.39 is 58.6 Å². The number of rotatable bonds is 10. The molecule has 4 aromatic rings. The lowest BCUT2D eigenvalue weighted by atomic mass is 9.96. The maximum absolute atomic E-state index is 16.4. The van der Waals surface area contributed by atoms with E-state index in [1.807, 2.05) is 6.07 Å². The van der Waals surface area contributed by atoms with E-state index in [1.54, 1.807) is 79.9 Å². The molecule has 15 nitrogen and oxygen atoms in total. The first-order valence-electron chi connectivity index (χ1n) is 21.5. The molecule has 1 aliphatic carbocycles. The fourth-order valence-electron chi connectivity index (χ4n) is 8.77. The van der Waals surface area contributed by atoms with Gasteiger partial charge in [-0.1, -0.05) is 19.9 Å². The summed E-state index contributed by atoms with van der Waals surface area (Å²) in [6.07, 6.45) is 2.76. The molecule has 5 heterocycles. The van der Waals surface area contributed by atoms with Crippen LogP contribution < -0.4 is 20.7 Å². The number of pyridine rings is 3. The van der Waals surface area contributed by atoms with Crippen molar-refractivity contribution in [3.8, 4) is 22.3 Å². The van der Waals surface area contributed by atoms with E-state index in [9.17, 15) is 24.0 Å². The molecule has 17 heteroatoms. The predicted molar refractivity (Wildman–Crippen MR) is 236 cm³/mol. The van der Waals surface area contributed by atoms with Gasteiger partial charge in [0.05, 0.1) is 17.1 Å². The van der Waals surface area contributed by atoms with Crippen LogP contribution in [0.5, 0.6) is 0 Å². The summed E-state index contributed by atoms with van der Waals surface area (Å²) >= 11 is 0. The molecule has 0 spiro atoms. The zero-order valence-electron chi connectivity index (χ0n) is 38.0. The summed E-state index contributed by atoms with van der Waals surface area (Å²) in [5, 5.41) is 2.51. The Hall–Kier alpha value is -6.10. The van der Waals surface area contributed by atoms with E-state index in [0.29, 0.717) is 51.6 Å². The molecule has 2 saturated heterocycles. The van der Waals surface area contributed by atoms with E-state index in [1.165, 1.54) is 22.4 Å². The standard InChI is InChI=1S/C47H56F2N6O9/c1-25(2)39(51-44(59)63-46(3,4)5)43(58)62-18-17-61-42(57)29-14-13-28-12-11-26(23-55(28)41(29)56)31-21-50-33-19-30-34(53(10)45(60)64-47(6,7)8)20-32(48)38(49)36(30)37(33)40(31)54-16-15-27-22-52(9)24-35(27)54/h11-14,20-21,23,25,27,35,39H,15-19,22,24H2,1-10H3,(H,51,59)/t27-,35+,39-/m0/s1. The van der Waals surface area contributed by atoms with Crippen LogP contribution in [0.25, 0.3) is 27.8 Å². The summed E-state index contributed by atoms with van der Waals surface area (Å²) in [4.78, 5) is 76.3. The summed E-state index contributed by atoms with van der Waals surface area (Å²) in [5.41, 5.74) is 1.17. The highest BCUT2D eigenvalue weighted by atomic mass is 19.2. The maximum Gasteiger partial charge on any atom is 0.414 e. The molecule has 3 atom stereocenters. The number of nitrogens with one attached hydrogen (secondary N) is 1. The Morgan fingerprint density at radius 2 is 1.64 bits per heavy atom. The number of anilines is 2. The molecule has 2 aliphatic heterocycles. The van der Waals surface area contributed by atoms with Crippen LogP contribution in [0, 0.1) is 23.5 Å². The lowest BCUT2D eigenvalue weighted by Gasteiger charge is -2.31. The van der Waals surface area contributed by atoms with Gasteiger partial charge in [-0.05, 0) is 90.6 Å². The van der Waals surface area contributed by atoms with Crippen molar-refractivity contribution < 1.29 is 46.9 Å². The second-order valence-electron chi connectivity index (χ2n) is 19.1. The van der Waals surface area contributed by atoms with Crippen LogP contribution in [0.4, 0.5) is 29.7 Å². The van der Waals surface area contributed by atoms with Crippen molar-refractivity contribution in [2.24, 2.45) is 11.8 Å². The number of aromatic nitrogens is 2. The number of amides is 2. The highest BCUT2D eigenvalue weighted by molar-refractivity contribution is 5.99. The molecule has 0 saturated carbocycles. The van der Waals surface area contributed by atoms with E-state index in [-0.39, 0.29) is 48.4 Å². The zero-order valence-corrected chi connectivity index (χ0v) is 38.0. The lowest BCUT2D eigenvalue weighted by Crippen LogP contribution is -2.47. The largest absolute Gasteiger partial charge is 0.461 e. The van der Waals surface area contributed by atoms with Crippen LogP contribution in [0.3, 0.4) is 0 Å². The first kappa shape index (κ1) is 45.9. The van der Waals surface area contributed by atoms with E-state index in [2.05, 4.69) is 22.2 Å². The van der Waals surface area contributed by atoms with E-state index in [0.717, 1.165) is 25.6 Å². The molecule has 2 amide bonds. The quantitative estimate of drug-likeness (QED) is 0.0873. The van der Waals surface area contributed by atoms with Gasteiger partial charge in [0.2, 0.25) is 0 Å². The number of esters is 2. The Balaban J connectivity index is 1.21. The van der Waals surface area contributed by atoms with Gasteiger partial charge in [0, 0.05) is 85.4 Å². The van der Waals surface area contributed by atoms with Crippen LogP contribution in [-0.2, 0) is 30.2 Å². The Morgan fingerprint density at radius 3 is 2.33 bits per heavy atom. The highest BCUT2D eigenvalue weighted by Gasteiger charge is 2.44. The molecule has 3 aromatic heterocycles. The van der Waals surface area contributed by atoms with Gasteiger partial charge in [0.15, 0.2) is 11.6 Å². The number of halogens is 2. The minimum atomic E-state index is -1.13. The molecular weight excluding hydrogens is 831 g/mol. The van der Waals surface area contributed by atoms with Gasteiger partial charge in [0.25, 0.3) is 5.56 Å². The fraction of sp³-hybridized carbons (Fsp3) is 0.489. The van der Waals surface area contributed by atoms with Gasteiger partial charge in [-0.15, -0.1) is 0 Å². The van der Waals surface area contributed by atoms with Crippen molar-refractivity contribution in [1.29, 1.82) is 0 Å². The molecule has 1 N–H and O–H groups in total. The monoisotopic (exact) mass is 886 g/mol. The number of likely N-dealkylation sites (tertiary alicyclic amines) is 1. The number of carbonyl (C=O) groups is 4. The number of fused-ring (bicyclic) bond motifs is 5. The number of carbonyl (C=O) groups excluding carboxylic acids is 4. The van der Waals surface area contributed by atoms with Crippen molar-refractivity contribution in [2.75, 3.05) is 56.7 Å². The van der Waals surface area contributed by atoms with Crippen LogP contribution in [0.15, 0.2) is 47.5 Å². The first-order chi connectivity index (χ1) is 30.0. The number of alkyl carbamates (subject to hydrolysis) is 1. The second-order valence-corrected chi connectivity index (χ2v) is 19.1. The number of hydrogen-bond acceptors (Lipinski definition) is 12. The summed E-state index contributed by atoms with van der Waals surface area (Å²) in [6.45, 7) is 15.3. The zero-order chi connectivity index (χ0) is 46.6. The SMILES string of the molecule is CC(C)[C@H](NC(=O)OC(C)(C)C)C(=O)OCCOC(=O)c1ccc2ccc(-c3cnc4c(c3N3CC[C@H]5CN(C)C[C@H]53)-c3c(F)c(F)cc(N(C)C(=O)OC(C)(C)C)c3C4)cn2c1=O. The fourth-order valence-corrected chi connectivity index (χ4v) is 8.77. The minimum absolute atomic E-state index is 0.0206. The lowest BCUT2D eigenvalue weighted by molar-refractivity contribution is -0.148. The predicted octanol–water partition coefficient (Wildman–Crippen LogP) is 6.97. The maximum atomic E-state index is 16.4. The van der Waals surface area contributed by atoms with Gasteiger partial charge in [-0.2, -0.15) is 0 Å². The van der Waals surface area contributed by atoms with Gasteiger partial charge < -0.3 is 34.1 Å². The average Bonchev–Trinajstić information content (AvgIpc) is 3.90. The van der Waals surface area contributed by atoms with Crippen molar-refractivity contribution in [2.45, 2.75) is 91.5 Å². The number of nitrogens with zero attached hydrogens (tertiary/aromatic N) is 5. The van der Waals surface area contributed by atoms with Gasteiger partial charge in [-0.25, -0.2) is 28.0 Å². The molecule has 342 valence electrons. The third kappa shape index (κ3) is 9.26. The van der Waals surface area contributed by atoms with Crippen molar-refractivity contribution >= 4 is 41.0 Å². The van der Waals surface area contributed by atoms with Crippen LogP contribution in [0.1, 0.15) is 83.4 Å². The third-order valence-corrected chi connectivity index (χ3v) is 11.6. The Labute approximate surface area is 370 Å². The number of benzene rings is 1. The molecule has 1 aromatic carbocycles. The van der Waals surface area contributed by atoms with Crippen molar-refractivity contribution in [1.82, 2.24) is 19.6 Å². The number of hydrogen-bond donors (Lipinski definition) is 1. The molecule has 3 aliphatic rings. The van der Waals surface area contributed by atoms with Crippen LogP contribution in [0.2, 0.25) is 0 Å². The topological polar surface area (TPSA) is 161 Å². The van der Waals surface area contributed by atoms with Crippen LogP contribution >= 0.6 is 0 Å². The summed E-state index contributed by atoms with van der Waals surface area (Å²) in [7, 11) is 3.52. The van der Waals surface area contributed by atoms with E-state index in [4.69, 9.17) is 23.9 Å². The van der Waals surface area contributed by atoms with Gasteiger partial charge >= 0.3 is 24.1 Å². The van der Waals surface area contributed by atoms with Crippen LogP contribution in [-0.4, -0.2) is 109 Å². The summed E-state index contributed by atoms with van der Waals surface area (Å²) in [6, 6.07) is 6.53. The molecule has 7 rings (SSSR count). The van der Waals surface area contributed by atoms with Gasteiger partial charge in [0.1, 0.15) is 36.0 Å². The summed E-state index contributed by atoms with van der Waals surface area (Å²) < 4.78 is 55.0. The first-order valence-corrected chi connectivity index (χ1v) is 21.5. The third-order valence-electron chi connectivity index (χ3n) is 11.6. The Kier molecular flexibility index (Phi) is 12.5. The van der Waals surface area contributed by atoms with E-state index >= 15 is 8.78 Å². The van der Waals surface area contributed by atoms with Crippen molar-refractivity contribution in [3.05, 3.63) is 81.5 Å². The number of likely N-dealkylation sites (N-methyl/N-ethyl adjacent to an activating group) is 1.